The van der Waals surface area contributed by atoms with Gasteiger partial charge in [-0.3, -0.25) is 25.2 Å². The molecular weight excluding hydrogens is 502 g/mol. The van der Waals surface area contributed by atoms with Gasteiger partial charge in [0.2, 0.25) is 17.7 Å². The van der Waals surface area contributed by atoms with Gasteiger partial charge in [-0.2, -0.15) is 0 Å². The Bertz CT molecular complexity index is 911. The van der Waals surface area contributed by atoms with Crippen molar-refractivity contribution >= 4 is 36.1 Å². The molecule has 0 fully saturated rings. The zero-order chi connectivity index (χ0) is 26.3. The van der Waals surface area contributed by atoms with Crippen molar-refractivity contribution in [2.24, 2.45) is 0 Å². The minimum Gasteiger partial charge on any atom is -0.490 e. The molecule has 11 nitrogen and oxygen atoms in total. The number of hydrazine groups is 1. The highest BCUT2D eigenvalue weighted by Gasteiger charge is 2.29. The minimum atomic E-state index is -0.926. The van der Waals surface area contributed by atoms with E-state index in [1.165, 1.54) is 14.0 Å². The second-order valence-corrected chi connectivity index (χ2v) is 8.44. The van der Waals surface area contributed by atoms with Gasteiger partial charge in [-0.15, -0.1) is 12.4 Å². The van der Waals surface area contributed by atoms with Crippen LogP contribution in [0.2, 0.25) is 0 Å². The Morgan fingerprint density at radius 2 is 1.81 bits per heavy atom. The molecule has 3 amide bonds. The third kappa shape index (κ3) is 11.6. The number of hydrogen-bond acceptors (Lipinski definition) is 8. The van der Waals surface area contributed by atoms with Gasteiger partial charge in [-0.1, -0.05) is 24.3 Å². The van der Waals surface area contributed by atoms with Crippen LogP contribution in [0.4, 0.5) is 0 Å². The summed E-state index contributed by atoms with van der Waals surface area (Å²) in [4.78, 5) is 50.5. The first-order valence-corrected chi connectivity index (χ1v) is 12.1. The van der Waals surface area contributed by atoms with Crippen molar-refractivity contribution < 1.29 is 28.7 Å². The summed E-state index contributed by atoms with van der Waals surface area (Å²) in [5.41, 5.74) is 6.64. The minimum absolute atomic E-state index is 0. The maximum absolute atomic E-state index is 13.2. The van der Waals surface area contributed by atoms with Crippen LogP contribution in [0, 0.1) is 0 Å². The van der Waals surface area contributed by atoms with Crippen LogP contribution in [0.1, 0.15) is 38.2 Å². The Morgan fingerprint density at radius 3 is 2.46 bits per heavy atom. The highest BCUT2D eigenvalue weighted by atomic mass is 35.5. The molecule has 0 radical (unpaired) electrons. The fourth-order valence-electron chi connectivity index (χ4n) is 3.71. The number of hydrogen-bond donors (Lipinski definition) is 5. The highest BCUT2D eigenvalue weighted by molar-refractivity contribution is 5.93. The molecule has 0 spiro atoms. The van der Waals surface area contributed by atoms with E-state index in [0.29, 0.717) is 25.1 Å². The Hall–Kier alpha value is -3.15. The van der Waals surface area contributed by atoms with E-state index in [1.54, 1.807) is 31.3 Å². The van der Waals surface area contributed by atoms with Crippen molar-refractivity contribution in [3.8, 4) is 5.75 Å². The molecule has 2 heterocycles. The molecule has 3 atom stereocenters. The molecule has 0 aliphatic carbocycles. The smallest absolute Gasteiger partial charge is 0.328 e. The Morgan fingerprint density at radius 1 is 1.08 bits per heavy atom. The molecule has 5 N–H and O–H groups in total. The zero-order valence-electron chi connectivity index (χ0n) is 21.5. The molecule has 2 aliphatic heterocycles. The first-order valence-electron chi connectivity index (χ1n) is 12.1. The molecule has 0 unspecified atom stereocenters. The molecule has 0 saturated carbocycles. The number of fused-ring (bicyclic) bond motifs is 13. The fraction of sp³-hybridized carbons (Fsp3) is 0.520. The van der Waals surface area contributed by atoms with Gasteiger partial charge >= 0.3 is 5.97 Å². The number of rotatable bonds is 8. The summed E-state index contributed by atoms with van der Waals surface area (Å²) in [6, 6.07) is 4.51. The third-order valence-electron chi connectivity index (χ3n) is 5.60. The Kier molecular flexibility index (Phi) is 14.9. The first kappa shape index (κ1) is 31.9. The average Bonchev–Trinajstić information content (AvgIpc) is 2.86. The SMILES string of the molecule is CNNCCCC[C@@H]1NC(=O)[C@@H](NC(C)=O)Cc2ccc(cc2)OC/C=C\C[C@@H](C(=O)OC)NC1=O.Cl. The molecule has 3 rings (SSSR count). The van der Waals surface area contributed by atoms with E-state index in [9.17, 15) is 19.2 Å². The first-order chi connectivity index (χ1) is 17.3. The van der Waals surface area contributed by atoms with Crippen LogP contribution in [-0.2, 0) is 30.3 Å². The molecule has 0 aromatic heterocycles. The van der Waals surface area contributed by atoms with Crippen LogP contribution in [0.3, 0.4) is 0 Å². The van der Waals surface area contributed by atoms with Crippen molar-refractivity contribution in [1.82, 2.24) is 26.8 Å². The van der Waals surface area contributed by atoms with E-state index in [2.05, 4.69) is 26.8 Å². The van der Waals surface area contributed by atoms with Crippen molar-refractivity contribution in [2.45, 2.75) is 57.2 Å². The van der Waals surface area contributed by atoms with Gasteiger partial charge in [0.15, 0.2) is 0 Å². The number of methoxy groups -OCH3 is 1. The molecule has 2 bridgehead atoms. The number of nitrogens with one attached hydrogen (secondary N) is 5. The largest absolute Gasteiger partial charge is 0.490 e. The standard InChI is InChI=1S/C25H37N5O6.ClH/c1-17(31)28-22-16-18-10-12-19(13-11-18)36-15-7-5-9-21(25(34)35-3)30-23(32)20(29-24(22)33)8-4-6-14-27-26-2;/h5,7,10-13,20-22,26-27H,4,6,8-9,14-16H2,1-3H3,(H,28,31)(H,29,33)(H,30,32);1H/b7-5-;/t20-,21-,22-;/m0./s1. The van der Waals surface area contributed by atoms with Gasteiger partial charge in [0.05, 0.1) is 7.11 Å². The number of carbonyl (C=O) groups is 4. The van der Waals surface area contributed by atoms with Gasteiger partial charge < -0.3 is 25.4 Å². The normalized spacial score (nSPS) is 21.3. The lowest BCUT2D eigenvalue weighted by atomic mass is 10.0. The summed E-state index contributed by atoms with van der Waals surface area (Å²) in [6.07, 6.45) is 5.67. The van der Waals surface area contributed by atoms with E-state index in [0.717, 1.165) is 12.0 Å². The number of esters is 1. The maximum atomic E-state index is 13.2. The van der Waals surface area contributed by atoms with Crippen LogP contribution in [0.25, 0.3) is 0 Å². The van der Waals surface area contributed by atoms with Crippen molar-refractivity contribution in [1.29, 1.82) is 0 Å². The quantitative estimate of drug-likeness (QED) is 0.139. The van der Waals surface area contributed by atoms with Crippen LogP contribution >= 0.6 is 12.4 Å². The number of amides is 3. The topological polar surface area (TPSA) is 147 Å². The third-order valence-corrected chi connectivity index (χ3v) is 5.60. The lowest BCUT2D eigenvalue weighted by Gasteiger charge is -2.24. The molecule has 1 aromatic rings. The molecule has 0 saturated heterocycles. The van der Waals surface area contributed by atoms with Crippen LogP contribution in [0.15, 0.2) is 36.4 Å². The summed E-state index contributed by atoms with van der Waals surface area (Å²) in [5.74, 6) is -1.31. The second-order valence-electron chi connectivity index (χ2n) is 8.44. The molecule has 12 heteroatoms. The van der Waals surface area contributed by atoms with Crippen molar-refractivity contribution in [2.75, 3.05) is 27.3 Å². The molecule has 2 aliphatic rings. The van der Waals surface area contributed by atoms with Crippen molar-refractivity contribution in [3.63, 3.8) is 0 Å². The molecular formula is C25H38ClN5O6. The molecule has 206 valence electrons. The van der Waals surface area contributed by atoms with Crippen LogP contribution < -0.4 is 31.5 Å². The Labute approximate surface area is 223 Å². The summed E-state index contributed by atoms with van der Waals surface area (Å²) >= 11 is 0. The van der Waals surface area contributed by atoms with Gasteiger partial charge in [0.25, 0.3) is 0 Å². The second kappa shape index (κ2) is 17.3. The zero-order valence-corrected chi connectivity index (χ0v) is 22.3. The number of ether oxygens (including phenoxy) is 2. The summed E-state index contributed by atoms with van der Waals surface area (Å²) in [7, 11) is 3.01. The van der Waals surface area contributed by atoms with E-state index in [1.807, 2.05) is 12.1 Å². The predicted octanol–water partition coefficient (Wildman–Crippen LogP) is 0.531. The summed E-state index contributed by atoms with van der Waals surface area (Å²) < 4.78 is 10.5. The van der Waals surface area contributed by atoms with Gasteiger partial charge in [0, 0.05) is 19.9 Å². The Balaban J connectivity index is 0.00000684. The van der Waals surface area contributed by atoms with Gasteiger partial charge in [0.1, 0.15) is 30.5 Å². The summed E-state index contributed by atoms with van der Waals surface area (Å²) in [5, 5.41) is 8.15. The lowest BCUT2D eigenvalue weighted by Crippen LogP contribution is -2.56. The van der Waals surface area contributed by atoms with Gasteiger partial charge in [-0.05, 0) is 50.4 Å². The van der Waals surface area contributed by atoms with Crippen molar-refractivity contribution in [3.05, 3.63) is 42.0 Å². The van der Waals surface area contributed by atoms with Gasteiger partial charge in [-0.25, -0.2) is 4.79 Å². The summed E-state index contributed by atoms with van der Waals surface area (Å²) in [6.45, 7) is 2.29. The average molecular weight is 540 g/mol. The maximum Gasteiger partial charge on any atom is 0.328 e. The van der Waals surface area contributed by atoms with E-state index < -0.39 is 35.9 Å². The molecule has 1 aromatic carbocycles. The number of carbonyl (C=O) groups excluding carboxylic acids is 4. The van der Waals surface area contributed by atoms with E-state index >= 15 is 0 Å². The van der Waals surface area contributed by atoms with Crippen LogP contribution in [0.5, 0.6) is 5.75 Å². The highest BCUT2D eigenvalue weighted by Crippen LogP contribution is 2.14. The number of benzene rings is 1. The fourth-order valence-corrected chi connectivity index (χ4v) is 3.71. The lowest BCUT2D eigenvalue weighted by molar-refractivity contribution is -0.145. The van der Waals surface area contributed by atoms with E-state index in [4.69, 9.17) is 9.47 Å². The van der Waals surface area contributed by atoms with Crippen LogP contribution in [-0.4, -0.2) is 69.1 Å². The monoisotopic (exact) mass is 539 g/mol. The molecule has 37 heavy (non-hydrogen) atoms. The number of halogens is 1. The van der Waals surface area contributed by atoms with E-state index in [-0.39, 0.29) is 37.8 Å². The predicted molar refractivity (Wildman–Crippen MR) is 141 cm³/mol. The number of unbranched alkanes of at least 4 members (excludes halogenated alkanes) is 1.